The number of Topliss-reactive ketones (excluding diaryl/α,β-unsaturated/α-hetero) is 1. The van der Waals surface area contributed by atoms with E-state index < -0.39 is 0 Å². The van der Waals surface area contributed by atoms with Gasteiger partial charge in [-0.1, -0.05) is 0 Å². The third-order valence-electron chi connectivity index (χ3n) is 1.40. The predicted molar refractivity (Wildman–Crippen MR) is 44.0 cm³/mol. The summed E-state index contributed by atoms with van der Waals surface area (Å²) in [5.41, 5.74) is 0.278. The minimum absolute atomic E-state index is 0.155. The van der Waals surface area contributed by atoms with Gasteiger partial charge >= 0.3 is 0 Å². The molecule has 0 unspecified atom stereocenters. The van der Waals surface area contributed by atoms with Gasteiger partial charge in [-0.05, 0) is 0 Å². The molecule has 0 bridgehead atoms. The Bertz CT molecular complexity index is 330. The van der Waals surface area contributed by atoms with Gasteiger partial charge in [0.15, 0.2) is 5.78 Å². The maximum absolute atomic E-state index is 10.8. The van der Waals surface area contributed by atoms with Gasteiger partial charge in [0.25, 0.3) is 0 Å². The molecule has 1 heterocycles. The molecular weight excluding hydrogens is 172 g/mol. The maximum Gasteiger partial charge on any atom is 0.217 e. The molecule has 1 aromatic rings. The van der Waals surface area contributed by atoms with Crippen molar-refractivity contribution in [3.05, 3.63) is 17.8 Å². The van der Waals surface area contributed by atoms with Crippen molar-refractivity contribution in [2.24, 2.45) is 0 Å². The largest absolute Gasteiger partial charge is 0.446 e. The molecule has 0 radical (unpaired) electrons. The molecular formula is C8H10N2O3. The monoisotopic (exact) mass is 182 g/mol. The number of hydrogen-bond donors (Lipinski definition) is 1. The SMILES string of the molecule is CC(=O)NCc1nc(C(C)=O)co1. The van der Waals surface area contributed by atoms with Crippen LogP contribution in [0.4, 0.5) is 0 Å². The summed E-state index contributed by atoms with van der Waals surface area (Å²) in [4.78, 5) is 25.1. The summed E-state index contributed by atoms with van der Waals surface area (Å²) >= 11 is 0. The predicted octanol–water partition coefficient (Wildman–Crippen LogP) is 0.513. The van der Waals surface area contributed by atoms with Gasteiger partial charge in [0, 0.05) is 13.8 Å². The van der Waals surface area contributed by atoms with Crippen molar-refractivity contribution in [1.82, 2.24) is 10.3 Å². The smallest absolute Gasteiger partial charge is 0.217 e. The summed E-state index contributed by atoms with van der Waals surface area (Å²) in [6, 6.07) is 0. The van der Waals surface area contributed by atoms with Crippen molar-refractivity contribution in [1.29, 1.82) is 0 Å². The first-order valence-electron chi connectivity index (χ1n) is 3.79. The van der Waals surface area contributed by atoms with Crippen molar-refractivity contribution in [2.75, 3.05) is 0 Å². The summed E-state index contributed by atoms with van der Waals surface area (Å²) in [5.74, 6) is 0.0146. The summed E-state index contributed by atoms with van der Waals surface area (Å²) in [6.07, 6.45) is 1.28. The van der Waals surface area contributed by atoms with Crippen LogP contribution in [0.15, 0.2) is 10.7 Å². The maximum atomic E-state index is 10.8. The second-order valence-corrected chi connectivity index (χ2v) is 2.59. The number of aromatic nitrogens is 1. The number of nitrogens with zero attached hydrogens (tertiary/aromatic N) is 1. The lowest BCUT2D eigenvalue weighted by atomic mass is 10.3. The Hall–Kier alpha value is -1.65. The molecule has 5 heteroatoms. The van der Waals surface area contributed by atoms with E-state index >= 15 is 0 Å². The first-order valence-corrected chi connectivity index (χ1v) is 3.79. The molecule has 0 aliphatic heterocycles. The molecule has 0 fully saturated rings. The summed E-state index contributed by atoms with van der Waals surface area (Å²) in [5, 5.41) is 2.51. The number of ketones is 1. The van der Waals surface area contributed by atoms with E-state index in [1.54, 1.807) is 0 Å². The van der Waals surface area contributed by atoms with Gasteiger partial charge < -0.3 is 9.73 Å². The van der Waals surface area contributed by atoms with E-state index in [0.29, 0.717) is 5.89 Å². The molecule has 1 aromatic heterocycles. The van der Waals surface area contributed by atoms with E-state index in [0.717, 1.165) is 0 Å². The third-order valence-corrected chi connectivity index (χ3v) is 1.40. The molecule has 0 aliphatic rings. The minimum Gasteiger partial charge on any atom is -0.446 e. The van der Waals surface area contributed by atoms with Crippen LogP contribution in [0.2, 0.25) is 0 Å². The van der Waals surface area contributed by atoms with Crippen LogP contribution in [0.5, 0.6) is 0 Å². The molecule has 0 saturated heterocycles. The lowest BCUT2D eigenvalue weighted by molar-refractivity contribution is -0.119. The number of carbonyl (C=O) groups is 2. The molecule has 70 valence electrons. The van der Waals surface area contributed by atoms with Crippen LogP contribution in [-0.4, -0.2) is 16.7 Å². The Balaban J connectivity index is 2.59. The van der Waals surface area contributed by atoms with E-state index in [-0.39, 0.29) is 23.9 Å². The number of oxazole rings is 1. The summed E-state index contributed by atoms with van der Waals surface area (Å²) in [7, 11) is 0. The Morgan fingerprint density at radius 1 is 1.54 bits per heavy atom. The van der Waals surface area contributed by atoms with Crippen LogP contribution in [0.25, 0.3) is 0 Å². The van der Waals surface area contributed by atoms with E-state index in [2.05, 4.69) is 10.3 Å². The fourth-order valence-electron chi connectivity index (χ4n) is 0.754. The second-order valence-electron chi connectivity index (χ2n) is 2.59. The first kappa shape index (κ1) is 9.44. The van der Waals surface area contributed by atoms with Gasteiger partial charge in [-0.15, -0.1) is 0 Å². The number of nitrogens with one attached hydrogen (secondary N) is 1. The average Bonchev–Trinajstić information content (AvgIpc) is 2.48. The molecule has 0 spiro atoms. The normalized spacial score (nSPS) is 9.69. The molecule has 0 atom stereocenters. The lowest BCUT2D eigenvalue weighted by Gasteiger charge is -1.94. The minimum atomic E-state index is -0.164. The molecule has 1 N–H and O–H groups in total. The zero-order valence-electron chi connectivity index (χ0n) is 7.46. The fourth-order valence-corrected chi connectivity index (χ4v) is 0.754. The van der Waals surface area contributed by atoms with Crippen molar-refractivity contribution in [3.63, 3.8) is 0 Å². The summed E-state index contributed by atoms with van der Waals surface area (Å²) in [6.45, 7) is 3.01. The van der Waals surface area contributed by atoms with Gasteiger partial charge in [0.2, 0.25) is 11.8 Å². The van der Waals surface area contributed by atoms with Gasteiger partial charge in [0.1, 0.15) is 12.0 Å². The van der Waals surface area contributed by atoms with Crippen LogP contribution >= 0.6 is 0 Å². The van der Waals surface area contributed by atoms with Gasteiger partial charge in [-0.2, -0.15) is 0 Å². The Kier molecular flexibility index (Phi) is 2.79. The van der Waals surface area contributed by atoms with Crippen LogP contribution in [0.3, 0.4) is 0 Å². The van der Waals surface area contributed by atoms with Gasteiger partial charge in [-0.25, -0.2) is 4.98 Å². The zero-order chi connectivity index (χ0) is 9.84. The highest BCUT2D eigenvalue weighted by Crippen LogP contribution is 2.01. The van der Waals surface area contributed by atoms with Crippen LogP contribution < -0.4 is 5.32 Å². The number of carbonyl (C=O) groups excluding carboxylic acids is 2. The lowest BCUT2D eigenvalue weighted by Crippen LogP contribution is -2.19. The fraction of sp³-hybridized carbons (Fsp3) is 0.375. The summed E-state index contributed by atoms with van der Waals surface area (Å²) < 4.78 is 4.93. The molecule has 1 amide bonds. The van der Waals surface area contributed by atoms with Gasteiger partial charge in [-0.3, -0.25) is 9.59 Å². The first-order chi connectivity index (χ1) is 6.09. The molecule has 5 nitrogen and oxygen atoms in total. The van der Waals surface area contributed by atoms with E-state index in [1.165, 1.54) is 20.1 Å². The quantitative estimate of drug-likeness (QED) is 0.691. The Morgan fingerprint density at radius 2 is 2.23 bits per heavy atom. The topological polar surface area (TPSA) is 72.2 Å². The number of amides is 1. The van der Waals surface area contributed by atoms with Gasteiger partial charge in [0.05, 0.1) is 6.54 Å². The molecule has 0 saturated carbocycles. The zero-order valence-corrected chi connectivity index (χ0v) is 7.46. The molecule has 0 aliphatic carbocycles. The second kappa shape index (κ2) is 3.84. The molecule has 0 aromatic carbocycles. The highest BCUT2D eigenvalue weighted by molar-refractivity contribution is 5.91. The number of hydrogen-bond acceptors (Lipinski definition) is 4. The van der Waals surface area contributed by atoms with Crippen LogP contribution in [0.1, 0.15) is 30.2 Å². The van der Waals surface area contributed by atoms with E-state index in [9.17, 15) is 9.59 Å². The number of rotatable bonds is 3. The van der Waals surface area contributed by atoms with E-state index in [4.69, 9.17) is 4.42 Å². The van der Waals surface area contributed by atoms with Crippen molar-refractivity contribution < 1.29 is 14.0 Å². The van der Waals surface area contributed by atoms with Crippen LogP contribution in [0, 0.1) is 0 Å². The van der Waals surface area contributed by atoms with Crippen molar-refractivity contribution in [3.8, 4) is 0 Å². The molecule has 13 heavy (non-hydrogen) atoms. The van der Waals surface area contributed by atoms with Crippen LogP contribution in [-0.2, 0) is 11.3 Å². The third kappa shape index (κ3) is 2.70. The van der Waals surface area contributed by atoms with E-state index in [1.807, 2.05) is 0 Å². The highest BCUT2D eigenvalue weighted by atomic mass is 16.3. The molecule has 1 rings (SSSR count). The van der Waals surface area contributed by atoms with Crippen molar-refractivity contribution >= 4 is 11.7 Å². The highest BCUT2D eigenvalue weighted by Gasteiger charge is 2.07. The Morgan fingerprint density at radius 3 is 2.69 bits per heavy atom. The standard InChI is InChI=1S/C8H10N2O3/c1-5(11)7-4-13-8(10-7)3-9-6(2)12/h4H,3H2,1-2H3,(H,9,12). The Labute approximate surface area is 75.1 Å². The average molecular weight is 182 g/mol. The van der Waals surface area contributed by atoms with Crippen molar-refractivity contribution in [2.45, 2.75) is 20.4 Å².